The molecule has 0 fully saturated rings. The van der Waals surface area contributed by atoms with Gasteiger partial charge in [-0.1, -0.05) is 6.07 Å². The van der Waals surface area contributed by atoms with Crippen LogP contribution in [0.1, 0.15) is 23.6 Å². The van der Waals surface area contributed by atoms with E-state index in [0.717, 1.165) is 28.7 Å². The summed E-state index contributed by atoms with van der Waals surface area (Å²) in [4.78, 5) is 0. The van der Waals surface area contributed by atoms with Crippen LogP contribution in [0.15, 0.2) is 40.9 Å². The number of nitrogens with two attached hydrogens (primary N) is 1. The molecule has 3 N–H and O–H groups in total. The summed E-state index contributed by atoms with van der Waals surface area (Å²) in [6.07, 6.45) is 2.01. The van der Waals surface area contributed by atoms with Crippen LogP contribution in [0.3, 0.4) is 0 Å². The number of nitrogen functional groups attached to an aromatic ring is 1. The normalized spacial score (nSPS) is 17.3. The van der Waals surface area contributed by atoms with Crippen molar-refractivity contribution in [3.63, 3.8) is 0 Å². The summed E-state index contributed by atoms with van der Waals surface area (Å²) in [5.74, 6) is -0.235. The fourth-order valence-corrected chi connectivity index (χ4v) is 2.94. The zero-order chi connectivity index (χ0) is 13.4. The molecule has 2 aromatic carbocycles. The first kappa shape index (κ1) is 12.5. The third-order valence-corrected chi connectivity index (χ3v) is 4.19. The zero-order valence-electron chi connectivity index (χ0n) is 10.3. The van der Waals surface area contributed by atoms with E-state index in [4.69, 9.17) is 5.73 Å². The van der Waals surface area contributed by atoms with Gasteiger partial charge in [-0.05, 0) is 70.2 Å². The fraction of sp³-hybridized carbons (Fsp3) is 0.200. The molecule has 19 heavy (non-hydrogen) atoms. The molecule has 1 aliphatic rings. The highest BCUT2D eigenvalue weighted by Gasteiger charge is 2.22. The molecule has 1 aliphatic carbocycles. The van der Waals surface area contributed by atoms with Crippen LogP contribution in [0.4, 0.5) is 15.8 Å². The van der Waals surface area contributed by atoms with Gasteiger partial charge in [0, 0.05) is 10.2 Å². The van der Waals surface area contributed by atoms with Gasteiger partial charge in [-0.15, -0.1) is 0 Å². The largest absolute Gasteiger partial charge is 0.399 e. The quantitative estimate of drug-likeness (QED) is 0.811. The highest BCUT2D eigenvalue weighted by molar-refractivity contribution is 9.10. The molecule has 2 nitrogen and oxygen atoms in total. The summed E-state index contributed by atoms with van der Waals surface area (Å²) in [5, 5.41) is 3.40. The van der Waals surface area contributed by atoms with Crippen molar-refractivity contribution < 1.29 is 4.39 Å². The molecule has 0 spiro atoms. The molecule has 2 aromatic rings. The topological polar surface area (TPSA) is 38.0 Å². The van der Waals surface area contributed by atoms with Gasteiger partial charge in [-0.25, -0.2) is 4.39 Å². The first-order valence-corrected chi connectivity index (χ1v) is 7.02. The third kappa shape index (κ3) is 2.45. The van der Waals surface area contributed by atoms with E-state index in [1.165, 1.54) is 23.3 Å². The lowest BCUT2D eigenvalue weighted by Crippen LogP contribution is -2.07. The van der Waals surface area contributed by atoms with E-state index in [0.29, 0.717) is 0 Å². The van der Waals surface area contributed by atoms with Gasteiger partial charge in [0.1, 0.15) is 5.82 Å². The molecule has 1 unspecified atom stereocenters. The molecule has 3 rings (SSSR count). The molecule has 0 bridgehead atoms. The Bertz CT molecular complexity index is 628. The molecule has 0 amide bonds. The molecule has 0 saturated heterocycles. The lowest BCUT2D eigenvalue weighted by molar-refractivity contribution is 0.627. The maximum Gasteiger partial charge on any atom is 0.125 e. The van der Waals surface area contributed by atoms with Crippen LogP contribution in [0.2, 0.25) is 0 Å². The Hall–Kier alpha value is -1.55. The molecule has 0 aromatic heterocycles. The van der Waals surface area contributed by atoms with Crippen LogP contribution in [-0.2, 0) is 6.42 Å². The van der Waals surface area contributed by atoms with Gasteiger partial charge in [-0.2, -0.15) is 0 Å². The number of fused-ring (bicyclic) bond motifs is 1. The Kier molecular flexibility index (Phi) is 3.19. The van der Waals surface area contributed by atoms with Crippen molar-refractivity contribution in [3.05, 3.63) is 57.8 Å². The summed E-state index contributed by atoms with van der Waals surface area (Å²) in [7, 11) is 0. The summed E-state index contributed by atoms with van der Waals surface area (Å²) >= 11 is 3.44. The number of halogens is 2. The van der Waals surface area contributed by atoms with E-state index in [2.05, 4.69) is 27.3 Å². The lowest BCUT2D eigenvalue weighted by Gasteiger charge is -2.17. The third-order valence-electron chi connectivity index (χ3n) is 3.50. The van der Waals surface area contributed by atoms with Gasteiger partial charge >= 0.3 is 0 Å². The average Bonchev–Trinajstić information content (AvgIpc) is 2.76. The SMILES string of the molecule is Nc1ccc2c(c1)CCC2Nc1cc(F)ccc1Br. The van der Waals surface area contributed by atoms with Crippen molar-refractivity contribution in [2.75, 3.05) is 11.1 Å². The van der Waals surface area contributed by atoms with E-state index < -0.39 is 0 Å². The van der Waals surface area contributed by atoms with Crippen molar-refractivity contribution in [1.82, 2.24) is 0 Å². The van der Waals surface area contributed by atoms with Crippen LogP contribution in [-0.4, -0.2) is 0 Å². The predicted octanol–water partition coefficient (Wildman–Crippen LogP) is 4.27. The van der Waals surface area contributed by atoms with E-state index in [1.807, 2.05) is 12.1 Å². The van der Waals surface area contributed by atoms with Crippen LogP contribution in [0.25, 0.3) is 0 Å². The standard InChI is InChI=1S/C15H14BrFN2/c16-13-5-2-10(17)8-15(13)19-14-6-1-9-7-11(18)3-4-12(9)14/h2-5,7-8,14,19H,1,6,18H2. The van der Waals surface area contributed by atoms with Crippen molar-refractivity contribution in [2.24, 2.45) is 0 Å². The Balaban J connectivity index is 1.88. The first-order valence-electron chi connectivity index (χ1n) is 6.23. The number of rotatable bonds is 2. The zero-order valence-corrected chi connectivity index (χ0v) is 11.9. The van der Waals surface area contributed by atoms with E-state index >= 15 is 0 Å². The van der Waals surface area contributed by atoms with Gasteiger partial charge in [0.25, 0.3) is 0 Å². The van der Waals surface area contributed by atoms with Gasteiger partial charge in [0.05, 0.1) is 11.7 Å². The highest BCUT2D eigenvalue weighted by Crippen LogP contribution is 2.36. The van der Waals surface area contributed by atoms with Gasteiger partial charge in [0.15, 0.2) is 0 Å². The van der Waals surface area contributed by atoms with Gasteiger partial charge in [0.2, 0.25) is 0 Å². The van der Waals surface area contributed by atoms with Crippen molar-refractivity contribution in [2.45, 2.75) is 18.9 Å². The van der Waals surface area contributed by atoms with Crippen molar-refractivity contribution >= 4 is 27.3 Å². The number of nitrogens with one attached hydrogen (secondary N) is 1. The highest BCUT2D eigenvalue weighted by atomic mass is 79.9. The van der Waals surface area contributed by atoms with Gasteiger partial charge in [-0.3, -0.25) is 0 Å². The molecule has 98 valence electrons. The molecule has 0 heterocycles. The predicted molar refractivity (Wildman–Crippen MR) is 79.6 cm³/mol. The van der Waals surface area contributed by atoms with Crippen molar-refractivity contribution in [1.29, 1.82) is 0 Å². The Labute approximate surface area is 120 Å². The number of anilines is 2. The first-order chi connectivity index (χ1) is 9.13. The Morgan fingerprint density at radius 3 is 2.89 bits per heavy atom. The summed E-state index contributed by atoms with van der Waals surface area (Å²) < 4.78 is 14.2. The molecular formula is C15H14BrFN2. The minimum Gasteiger partial charge on any atom is -0.399 e. The smallest absolute Gasteiger partial charge is 0.125 e. The number of hydrogen-bond acceptors (Lipinski definition) is 2. The minimum absolute atomic E-state index is 0.216. The molecule has 0 aliphatic heterocycles. The molecule has 4 heteroatoms. The Morgan fingerprint density at radius 1 is 1.21 bits per heavy atom. The second kappa shape index (κ2) is 4.85. The van der Waals surface area contributed by atoms with E-state index in [9.17, 15) is 4.39 Å². The maximum absolute atomic E-state index is 13.3. The summed E-state index contributed by atoms with van der Waals surface area (Å²) in [6.45, 7) is 0. The summed E-state index contributed by atoms with van der Waals surface area (Å²) in [5.41, 5.74) is 9.92. The second-order valence-corrected chi connectivity index (χ2v) is 5.67. The minimum atomic E-state index is -0.235. The van der Waals surface area contributed by atoms with Crippen LogP contribution in [0, 0.1) is 5.82 Å². The molecule has 1 atom stereocenters. The summed E-state index contributed by atoms with van der Waals surface area (Å²) in [6, 6.07) is 10.9. The lowest BCUT2D eigenvalue weighted by atomic mass is 10.1. The number of benzene rings is 2. The van der Waals surface area contributed by atoms with Gasteiger partial charge < -0.3 is 11.1 Å². The molecule has 0 saturated carbocycles. The molecular weight excluding hydrogens is 307 g/mol. The number of hydrogen-bond donors (Lipinski definition) is 2. The van der Waals surface area contributed by atoms with Crippen LogP contribution >= 0.6 is 15.9 Å². The number of aryl methyl sites for hydroxylation is 1. The van der Waals surface area contributed by atoms with E-state index in [1.54, 1.807) is 6.07 Å². The second-order valence-electron chi connectivity index (χ2n) is 4.82. The van der Waals surface area contributed by atoms with Crippen LogP contribution < -0.4 is 11.1 Å². The monoisotopic (exact) mass is 320 g/mol. The Morgan fingerprint density at radius 2 is 2.05 bits per heavy atom. The molecule has 0 radical (unpaired) electrons. The average molecular weight is 321 g/mol. The van der Waals surface area contributed by atoms with Crippen molar-refractivity contribution in [3.8, 4) is 0 Å². The van der Waals surface area contributed by atoms with E-state index in [-0.39, 0.29) is 11.9 Å². The maximum atomic E-state index is 13.3. The fourth-order valence-electron chi connectivity index (χ4n) is 2.58. The van der Waals surface area contributed by atoms with Crippen LogP contribution in [0.5, 0.6) is 0 Å².